The van der Waals surface area contributed by atoms with E-state index in [1.807, 2.05) is 19.1 Å². The number of nitrogens with one attached hydrogen (secondary N) is 1. The molecule has 0 saturated carbocycles. The third-order valence-corrected chi connectivity index (χ3v) is 3.28. The molecule has 0 spiro atoms. The molecule has 0 aliphatic carbocycles. The maximum absolute atomic E-state index is 11.8. The predicted molar refractivity (Wildman–Crippen MR) is 73.5 cm³/mol. The molecule has 94 valence electrons. The van der Waals surface area contributed by atoms with Crippen molar-refractivity contribution < 1.29 is 4.79 Å². The molecule has 1 atom stereocenters. The first-order valence-corrected chi connectivity index (χ1v) is 7.06. The topological polar surface area (TPSA) is 42.0 Å². The molecule has 0 fully saturated rings. The van der Waals surface area contributed by atoms with E-state index < -0.39 is 0 Å². The number of pyridine rings is 1. The highest BCUT2D eigenvalue weighted by molar-refractivity contribution is 9.09. The second kappa shape index (κ2) is 7.43. The number of hydrogen-bond acceptors (Lipinski definition) is 2. The summed E-state index contributed by atoms with van der Waals surface area (Å²) in [6.07, 6.45) is 3.79. The minimum atomic E-state index is -0.0366. The smallest absolute Gasteiger partial charge is 0.252 e. The lowest BCUT2D eigenvalue weighted by Gasteiger charge is -2.14. The van der Waals surface area contributed by atoms with Crippen LogP contribution in [-0.4, -0.2) is 22.8 Å². The van der Waals surface area contributed by atoms with Crippen molar-refractivity contribution in [1.82, 2.24) is 10.3 Å². The first-order chi connectivity index (χ1) is 8.17. The molecule has 1 aromatic heterocycles. The zero-order chi connectivity index (χ0) is 12.7. The van der Waals surface area contributed by atoms with Crippen LogP contribution in [0.4, 0.5) is 0 Å². The van der Waals surface area contributed by atoms with Gasteiger partial charge >= 0.3 is 0 Å². The van der Waals surface area contributed by atoms with Gasteiger partial charge in [0, 0.05) is 23.8 Å². The Morgan fingerprint density at radius 2 is 2.29 bits per heavy atom. The summed E-state index contributed by atoms with van der Waals surface area (Å²) in [5.74, 6) is 0.502. The zero-order valence-corrected chi connectivity index (χ0v) is 12.0. The Morgan fingerprint density at radius 3 is 2.82 bits per heavy atom. The zero-order valence-electron chi connectivity index (χ0n) is 10.4. The Bertz CT molecular complexity index is 351. The number of carbonyl (C=O) groups is 1. The van der Waals surface area contributed by atoms with Crippen LogP contribution in [0.3, 0.4) is 0 Å². The van der Waals surface area contributed by atoms with Crippen LogP contribution in [-0.2, 0) is 0 Å². The predicted octanol–water partition coefficient (Wildman–Crippen LogP) is 2.93. The Morgan fingerprint density at radius 1 is 1.53 bits per heavy atom. The van der Waals surface area contributed by atoms with Gasteiger partial charge in [0.15, 0.2) is 0 Å². The second-order valence-electron chi connectivity index (χ2n) is 4.15. The molecule has 1 N–H and O–H groups in total. The number of aromatic nitrogens is 1. The van der Waals surface area contributed by atoms with Gasteiger partial charge in [-0.2, -0.15) is 0 Å². The molecule has 1 heterocycles. The Labute approximate surface area is 111 Å². The van der Waals surface area contributed by atoms with E-state index in [0.29, 0.717) is 11.5 Å². The minimum absolute atomic E-state index is 0.0366. The van der Waals surface area contributed by atoms with Crippen LogP contribution in [0.5, 0.6) is 0 Å². The highest BCUT2D eigenvalue weighted by Crippen LogP contribution is 2.09. The summed E-state index contributed by atoms with van der Waals surface area (Å²) < 4.78 is 0. The molecule has 0 aromatic carbocycles. The Hall–Kier alpha value is -0.900. The molecular formula is C13H19BrN2O. The van der Waals surface area contributed by atoms with E-state index in [0.717, 1.165) is 30.4 Å². The molecule has 0 bridgehead atoms. The third-order valence-electron chi connectivity index (χ3n) is 2.82. The summed E-state index contributed by atoms with van der Waals surface area (Å²) in [5.41, 5.74) is 1.55. The monoisotopic (exact) mass is 298 g/mol. The number of rotatable bonds is 6. The molecule has 17 heavy (non-hydrogen) atoms. The molecule has 1 rings (SSSR count). The van der Waals surface area contributed by atoms with Crippen molar-refractivity contribution in [3.63, 3.8) is 0 Å². The van der Waals surface area contributed by atoms with Crippen LogP contribution in [0, 0.1) is 12.8 Å². The number of aryl methyl sites for hydroxylation is 1. The van der Waals surface area contributed by atoms with Crippen LogP contribution >= 0.6 is 15.9 Å². The summed E-state index contributed by atoms with van der Waals surface area (Å²) in [5, 5.41) is 3.93. The van der Waals surface area contributed by atoms with Crippen LogP contribution in [0.15, 0.2) is 18.3 Å². The molecule has 1 aromatic rings. The van der Waals surface area contributed by atoms with E-state index in [1.54, 1.807) is 6.20 Å². The van der Waals surface area contributed by atoms with Gasteiger partial charge in [0.1, 0.15) is 0 Å². The molecule has 0 radical (unpaired) electrons. The van der Waals surface area contributed by atoms with Gasteiger partial charge in [-0.15, -0.1) is 0 Å². The fourth-order valence-corrected chi connectivity index (χ4v) is 2.19. The number of nitrogens with zero attached hydrogens (tertiary/aromatic N) is 1. The van der Waals surface area contributed by atoms with Gasteiger partial charge in [-0.3, -0.25) is 9.78 Å². The fourth-order valence-electron chi connectivity index (χ4n) is 1.55. The van der Waals surface area contributed by atoms with E-state index in [-0.39, 0.29) is 5.91 Å². The maximum atomic E-state index is 11.8. The quantitative estimate of drug-likeness (QED) is 0.821. The van der Waals surface area contributed by atoms with Gasteiger partial charge in [-0.05, 0) is 31.4 Å². The van der Waals surface area contributed by atoms with Gasteiger partial charge in [0.25, 0.3) is 5.91 Å². The highest BCUT2D eigenvalue weighted by atomic mass is 79.9. The maximum Gasteiger partial charge on any atom is 0.252 e. The fraction of sp³-hybridized carbons (Fsp3) is 0.538. The van der Waals surface area contributed by atoms with E-state index >= 15 is 0 Å². The average Bonchev–Trinajstić information content (AvgIpc) is 2.35. The normalized spacial score (nSPS) is 12.2. The van der Waals surface area contributed by atoms with Gasteiger partial charge in [-0.25, -0.2) is 0 Å². The molecule has 1 amide bonds. The van der Waals surface area contributed by atoms with Crippen molar-refractivity contribution in [1.29, 1.82) is 0 Å². The van der Waals surface area contributed by atoms with Crippen molar-refractivity contribution >= 4 is 21.8 Å². The lowest BCUT2D eigenvalue weighted by atomic mass is 10.0. The molecule has 4 heteroatoms. The van der Waals surface area contributed by atoms with Crippen molar-refractivity contribution in [3.05, 3.63) is 29.6 Å². The van der Waals surface area contributed by atoms with E-state index in [2.05, 4.69) is 33.2 Å². The molecule has 1 unspecified atom stereocenters. The standard InChI is InChI=1S/C13H19BrN2O/c1-3-11(6-7-14)8-16-13(17)12-5-4-10(2)15-9-12/h4-5,9,11H,3,6-8H2,1-2H3,(H,16,17). The lowest BCUT2D eigenvalue weighted by molar-refractivity contribution is 0.0946. The summed E-state index contributed by atoms with van der Waals surface area (Å²) in [6, 6.07) is 3.66. The second-order valence-corrected chi connectivity index (χ2v) is 4.94. The Balaban J connectivity index is 2.46. The molecule has 3 nitrogen and oxygen atoms in total. The van der Waals surface area contributed by atoms with Crippen molar-refractivity contribution in [2.24, 2.45) is 5.92 Å². The van der Waals surface area contributed by atoms with Crippen LogP contribution in [0.25, 0.3) is 0 Å². The number of hydrogen-bond donors (Lipinski definition) is 1. The number of halogens is 1. The Kier molecular flexibility index (Phi) is 6.19. The highest BCUT2D eigenvalue weighted by Gasteiger charge is 2.09. The van der Waals surface area contributed by atoms with E-state index in [4.69, 9.17) is 0 Å². The molecule has 0 aliphatic rings. The summed E-state index contributed by atoms with van der Waals surface area (Å²) in [6.45, 7) is 4.78. The van der Waals surface area contributed by atoms with E-state index in [1.165, 1.54) is 0 Å². The first-order valence-electron chi connectivity index (χ1n) is 5.94. The summed E-state index contributed by atoms with van der Waals surface area (Å²) in [4.78, 5) is 15.9. The lowest BCUT2D eigenvalue weighted by Crippen LogP contribution is -2.29. The van der Waals surface area contributed by atoms with Crippen LogP contribution < -0.4 is 5.32 Å². The number of carbonyl (C=O) groups excluding carboxylic acids is 1. The van der Waals surface area contributed by atoms with E-state index in [9.17, 15) is 4.79 Å². The molecule has 0 aliphatic heterocycles. The van der Waals surface area contributed by atoms with Crippen molar-refractivity contribution in [2.75, 3.05) is 11.9 Å². The SMILES string of the molecule is CCC(CCBr)CNC(=O)c1ccc(C)nc1. The third kappa shape index (κ3) is 4.86. The van der Waals surface area contributed by atoms with Crippen LogP contribution in [0.2, 0.25) is 0 Å². The minimum Gasteiger partial charge on any atom is -0.352 e. The largest absolute Gasteiger partial charge is 0.352 e. The van der Waals surface area contributed by atoms with Gasteiger partial charge in [0.05, 0.1) is 5.56 Å². The van der Waals surface area contributed by atoms with Crippen LogP contribution in [0.1, 0.15) is 35.8 Å². The van der Waals surface area contributed by atoms with Crippen molar-refractivity contribution in [3.8, 4) is 0 Å². The first kappa shape index (κ1) is 14.2. The van der Waals surface area contributed by atoms with Gasteiger partial charge in [-0.1, -0.05) is 29.3 Å². The summed E-state index contributed by atoms with van der Waals surface area (Å²) in [7, 11) is 0. The molecule has 0 saturated heterocycles. The summed E-state index contributed by atoms with van der Waals surface area (Å²) >= 11 is 3.43. The average molecular weight is 299 g/mol. The van der Waals surface area contributed by atoms with Gasteiger partial charge < -0.3 is 5.32 Å². The number of amides is 1. The molecular weight excluding hydrogens is 280 g/mol. The number of alkyl halides is 1. The van der Waals surface area contributed by atoms with Crippen molar-refractivity contribution in [2.45, 2.75) is 26.7 Å². The van der Waals surface area contributed by atoms with Gasteiger partial charge in [0.2, 0.25) is 0 Å².